The average Bonchev–Trinajstić information content (AvgIpc) is 2.49. The molecule has 23 heavy (non-hydrogen) atoms. The van der Waals surface area contributed by atoms with Crippen molar-refractivity contribution in [2.75, 3.05) is 25.0 Å². The fourth-order valence-corrected chi connectivity index (χ4v) is 2.82. The molecule has 0 atom stereocenters. The molecule has 5 nitrogen and oxygen atoms in total. The molecule has 0 aliphatic carbocycles. The van der Waals surface area contributed by atoms with E-state index in [1.54, 1.807) is 0 Å². The van der Waals surface area contributed by atoms with Gasteiger partial charge < -0.3 is 10.6 Å². The molecule has 1 aliphatic heterocycles. The number of carbonyl (C=O) groups is 2. The molecule has 1 heterocycles. The van der Waals surface area contributed by atoms with Crippen molar-refractivity contribution in [3.8, 4) is 0 Å². The van der Waals surface area contributed by atoms with E-state index in [1.165, 1.54) is 0 Å². The number of carbonyl (C=O) groups excluding carboxylic acids is 2. The van der Waals surface area contributed by atoms with E-state index < -0.39 is 0 Å². The van der Waals surface area contributed by atoms with E-state index in [1.807, 2.05) is 44.2 Å². The first-order valence-corrected chi connectivity index (χ1v) is 8.39. The molecule has 1 saturated heterocycles. The van der Waals surface area contributed by atoms with Gasteiger partial charge in [0.25, 0.3) is 0 Å². The van der Waals surface area contributed by atoms with Crippen LogP contribution in [0.4, 0.5) is 5.69 Å². The number of rotatable bonds is 6. The fraction of sp³-hybridized carbons (Fsp3) is 0.556. The predicted molar refractivity (Wildman–Crippen MR) is 92.1 cm³/mol. The van der Waals surface area contributed by atoms with Gasteiger partial charge >= 0.3 is 0 Å². The number of likely N-dealkylation sites (tertiary alicyclic amines) is 1. The number of hydrogen-bond donors (Lipinski definition) is 2. The van der Waals surface area contributed by atoms with Crippen LogP contribution in [0.5, 0.6) is 0 Å². The molecule has 5 heteroatoms. The highest BCUT2D eigenvalue weighted by Gasteiger charge is 2.22. The zero-order chi connectivity index (χ0) is 16.7. The lowest BCUT2D eigenvalue weighted by Crippen LogP contribution is -2.46. The minimum atomic E-state index is 0.0125. The summed E-state index contributed by atoms with van der Waals surface area (Å²) in [7, 11) is 0. The van der Waals surface area contributed by atoms with Crippen LogP contribution in [0.1, 0.15) is 33.1 Å². The highest BCUT2D eigenvalue weighted by atomic mass is 16.2. The SMILES string of the molecule is CC(C)CC(=O)NC1CCN(CC(=O)Nc2ccccc2)CC1. The maximum Gasteiger partial charge on any atom is 0.238 e. The van der Waals surface area contributed by atoms with Crippen LogP contribution in [-0.2, 0) is 9.59 Å². The summed E-state index contributed by atoms with van der Waals surface area (Å²) in [5, 5.41) is 6.00. The second-order valence-corrected chi connectivity index (χ2v) is 6.63. The molecule has 0 unspecified atom stereocenters. The van der Waals surface area contributed by atoms with Gasteiger partial charge in [-0.2, -0.15) is 0 Å². The van der Waals surface area contributed by atoms with E-state index in [0.29, 0.717) is 18.9 Å². The third-order valence-corrected chi connectivity index (χ3v) is 3.97. The smallest absolute Gasteiger partial charge is 0.238 e. The van der Waals surface area contributed by atoms with E-state index in [-0.39, 0.29) is 17.9 Å². The molecule has 0 aromatic heterocycles. The first kappa shape index (κ1) is 17.5. The summed E-state index contributed by atoms with van der Waals surface area (Å²) in [4.78, 5) is 26.0. The number of piperidine rings is 1. The van der Waals surface area contributed by atoms with Gasteiger partial charge in [0.05, 0.1) is 6.54 Å². The Kier molecular flexibility index (Phi) is 6.59. The Morgan fingerprint density at radius 3 is 2.39 bits per heavy atom. The summed E-state index contributed by atoms with van der Waals surface area (Å²) >= 11 is 0. The largest absolute Gasteiger partial charge is 0.353 e. The number of hydrogen-bond acceptors (Lipinski definition) is 3. The molecule has 1 aromatic rings. The number of anilines is 1. The van der Waals surface area contributed by atoms with Gasteiger partial charge in [-0.05, 0) is 30.9 Å². The third-order valence-electron chi connectivity index (χ3n) is 3.97. The summed E-state index contributed by atoms with van der Waals surface area (Å²) in [5.74, 6) is 0.538. The molecule has 2 amide bonds. The molecule has 2 N–H and O–H groups in total. The lowest BCUT2D eigenvalue weighted by molar-refractivity contribution is -0.123. The topological polar surface area (TPSA) is 61.4 Å². The Hall–Kier alpha value is -1.88. The van der Waals surface area contributed by atoms with Crippen molar-refractivity contribution in [3.63, 3.8) is 0 Å². The first-order chi connectivity index (χ1) is 11.0. The fourth-order valence-electron chi connectivity index (χ4n) is 2.82. The minimum Gasteiger partial charge on any atom is -0.353 e. The van der Waals surface area contributed by atoms with Gasteiger partial charge in [0.15, 0.2) is 0 Å². The van der Waals surface area contributed by atoms with Crippen LogP contribution in [0.2, 0.25) is 0 Å². The first-order valence-electron chi connectivity index (χ1n) is 8.39. The van der Waals surface area contributed by atoms with E-state index in [0.717, 1.165) is 31.6 Å². The number of amides is 2. The van der Waals surface area contributed by atoms with Crippen LogP contribution < -0.4 is 10.6 Å². The summed E-state index contributed by atoms with van der Waals surface area (Å²) in [6.07, 6.45) is 2.39. The Labute approximate surface area is 138 Å². The van der Waals surface area contributed by atoms with Gasteiger partial charge in [-0.15, -0.1) is 0 Å². The highest BCUT2D eigenvalue weighted by molar-refractivity contribution is 5.92. The molecule has 1 aromatic carbocycles. The van der Waals surface area contributed by atoms with Gasteiger partial charge in [0, 0.05) is 31.2 Å². The van der Waals surface area contributed by atoms with Crippen LogP contribution in [0.25, 0.3) is 0 Å². The Morgan fingerprint density at radius 2 is 1.78 bits per heavy atom. The van der Waals surface area contributed by atoms with Gasteiger partial charge in [-0.25, -0.2) is 0 Å². The summed E-state index contributed by atoms with van der Waals surface area (Å²) in [6, 6.07) is 9.74. The monoisotopic (exact) mass is 317 g/mol. The second kappa shape index (κ2) is 8.67. The Morgan fingerprint density at radius 1 is 1.13 bits per heavy atom. The molecule has 1 fully saturated rings. The molecule has 1 aliphatic rings. The lowest BCUT2D eigenvalue weighted by atomic mass is 10.0. The maximum absolute atomic E-state index is 12.0. The predicted octanol–water partition coefficient (Wildman–Crippen LogP) is 2.25. The van der Waals surface area contributed by atoms with Crippen molar-refractivity contribution in [1.29, 1.82) is 0 Å². The number of nitrogens with one attached hydrogen (secondary N) is 2. The standard InChI is InChI=1S/C18H27N3O2/c1-14(2)12-17(22)19-16-8-10-21(11-9-16)13-18(23)20-15-6-4-3-5-7-15/h3-7,14,16H,8-13H2,1-2H3,(H,19,22)(H,20,23). The van der Waals surface area contributed by atoms with Crippen molar-refractivity contribution in [1.82, 2.24) is 10.2 Å². The third kappa shape index (κ3) is 6.40. The van der Waals surface area contributed by atoms with Crippen LogP contribution in [0.3, 0.4) is 0 Å². The molecule has 126 valence electrons. The van der Waals surface area contributed by atoms with E-state index in [2.05, 4.69) is 15.5 Å². The van der Waals surface area contributed by atoms with Crippen LogP contribution in [0, 0.1) is 5.92 Å². The van der Waals surface area contributed by atoms with Crippen LogP contribution in [0.15, 0.2) is 30.3 Å². The molecule has 0 bridgehead atoms. The molecule has 0 saturated carbocycles. The summed E-state index contributed by atoms with van der Waals surface area (Å²) in [5.41, 5.74) is 0.827. The van der Waals surface area contributed by atoms with E-state index in [4.69, 9.17) is 0 Å². The van der Waals surface area contributed by atoms with E-state index >= 15 is 0 Å². The maximum atomic E-state index is 12.0. The Balaban J connectivity index is 1.68. The highest BCUT2D eigenvalue weighted by Crippen LogP contribution is 2.12. The van der Waals surface area contributed by atoms with Crippen molar-refractivity contribution in [2.45, 2.75) is 39.2 Å². The molecule has 0 spiro atoms. The average molecular weight is 317 g/mol. The summed E-state index contributed by atoms with van der Waals surface area (Å²) < 4.78 is 0. The molecular weight excluding hydrogens is 290 g/mol. The van der Waals surface area contributed by atoms with Gasteiger partial charge in [-0.3, -0.25) is 14.5 Å². The van der Waals surface area contributed by atoms with Crippen molar-refractivity contribution in [2.24, 2.45) is 5.92 Å². The molecule has 2 rings (SSSR count). The Bertz CT molecular complexity index is 508. The van der Waals surface area contributed by atoms with Crippen molar-refractivity contribution >= 4 is 17.5 Å². The zero-order valence-corrected chi connectivity index (χ0v) is 14.0. The number of benzene rings is 1. The van der Waals surface area contributed by atoms with Crippen LogP contribution in [-0.4, -0.2) is 42.4 Å². The van der Waals surface area contributed by atoms with Gasteiger partial charge in [-0.1, -0.05) is 32.0 Å². The molecular formula is C18H27N3O2. The number of para-hydroxylation sites is 1. The normalized spacial score (nSPS) is 16.3. The minimum absolute atomic E-state index is 0.0125. The van der Waals surface area contributed by atoms with Crippen molar-refractivity contribution < 1.29 is 9.59 Å². The summed E-state index contributed by atoms with van der Waals surface area (Å²) in [6.45, 7) is 6.19. The molecule has 0 radical (unpaired) electrons. The second-order valence-electron chi connectivity index (χ2n) is 6.63. The lowest BCUT2D eigenvalue weighted by Gasteiger charge is -2.32. The van der Waals surface area contributed by atoms with Gasteiger partial charge in [0.1, 0.15) is 0 Å². The van der Waals surface area contributed by atoms with Crippen molar-refractivity contribution in [3.05, 3.63) is 30.3 Å². The zero-order valence-electron chi connectivity index (χ0n) is 14.0. The van der Waals surface area contributed by atoms with Gasteiger partial charge in [0.2, 0.25) is 11.8 Å². The van der Waals surface area contributed by atoms with Crippen LogP contribution >= 0.6 is 0 Å². The van der Waals surface area contributed by atoms with E-state index in [9.17, 15) is 9.59 Å². The quantitative estimate of drug-likeness (QED) is 0.846. The number of nitrogens with zero attached hydrogens (tertiary/aromatic N) is 1.